The van der Waals surface area contributed by atoms with Crippen LogP contribution in [0.15, 0.2) is 141 Å². The second-order valence-electron chi connectivity index (χ2n) is 20.6. The number of aliphatic hydroxyl groups is 2. The van der Waals surface area contributed by atoms with E-state index in [4.69, 9.17) is 52.4 Å². The number of anilines is 3. The van der Waals surface area contributed by atoms with Crippen molar-refractivity contribution in [3.05, 3.63) is 158 Å². The van der Waals surface area contributed by atoms with E-state index in [0.717, 1.165) is 10.9 Å². The second-order valence-corrected chi connectivity index (χ2v) is 29.7. The predicted octanol–water partition coefficient (Wildman–Crippen LogP) is 8.87. The Morgan fingerprint density at radius 2 is 0.967 bits per heavy atom. The number of amides is 3. The number of alkyl halides is 6. The van der Waals surface area contributed by atoms with Gasteiger partial charge in [-0.05, 0) is 69.1 Å². The molecule has 2 fully saturated rings. The number of fused-ring (bicyclic) bond motifs is 3. The van der Waals surface area contributed by atoms with Crippen molar-refractivity contribution in [2.75, 3.05) is 60.6 Å². The van der Waals surface area contributed by atoms with Gasteiger partial charge in [0.1, 0.15) is 52.0 Å². The number of nitrogens with zero attached hydrogens (tertiary/aromatic N) is 12. The minimum absolute atomic E-state index is 0.000873. The van der Waals surface area contributed by atoms with E-state index in [-0.39, 0.29) is 58.5 Å². The first-order valence-electron chi connectivity index (χ1n) is 27.1. The summed E-state index contributed by atoms with van der Waals surface area (Å²) in [6.45, 7) is 6.29. The molecule has 9 heterocycles. The summed E-state index contributed by atoms with van der Waals surface area (Å²) in [6.07, 6.45) is -2.28. The number of aliphatic carboxylic acids is 1. The number of hydrogen-bond donors (Lipinski definition) is 6. The molecule has 3 aliphatic heterocycles. The van der Waals surface area contributed by atoms with Crippen LogP contribution >= 0.6 is 60.1 Å². The molecule has 12 rings (SSSR count). The van der Waals surface area contributed by atoms with Crippen LogP contribution in [-0.2, 0) is 32.9 Å². The molecule has 0 radical (unpaired) electrons. The Labute approximate surface area is 544 Å². The summed E-state index contributed by atoms with van der Waals surface area (Å²) in [5, 5.41) is 35.2. The van der Waals surface area contributed by atoms with Crippen LogP contribution < -0.4 is 16.0 Å². The fourth-order valence-electron chi connectivity index (χ4n) is 8.55. The van der Waals surface area contributed by atoms with Crippen LogP contribution in [0.25, 0.3) is 33.5 Å². The lowest BCUT2D eigenvalue weighted by Gasteiger charge is -2.17. The topological polar surface area (TPSA) is 367 Å². The van der Waals surface area contributed by atoms with Crippen LogP contribution in [0.5, 0.6) is 0 Å². The summed E-state index contributed by atoms with van der Waals surface area (Å²) < 4.78 is 90.7. The minimum Gasteiger partial charge on any atom is -0.479 e. The van der Waals surface area contributed by atoms with Crippen molar-refractivity contribution in [3.63, 3.8) is 0 Å². The molecule has 9 aromatic rings. The maximum absolute atomic E-state index is 15.0. The van der Waals surface area contributed by atoms with Gasteiger partial charge in [0.05, 0.1) is 34.5 Å². The van der Waals surface area contributed by atoms with E-state index < -0.39 is 85.8 Å². The highest BCUT2D eigenvalue weighted by atomic mass is 127. The van der Waals surface area contributed by atoms with Crippen LogP contribution in [0.4, 0.5) is 30.6 Å². The van der Waals surface area contributed by atoms with Gasteiger partial charge < -0.3 is 59.3 Å². The molecule has 10 atom stereocenters. The lowest BCUT2D eigenvalue weighted by molar-refractivity contribution is -0.155. The molecule has 28 nitrogen and oxygen atoms in total. The van der Waals surface area contributed by atoms with E-state index in [2.05, 4.69) is 60.8 Å². The fourth-order valence-corrected chi connectivity index (χ4v) is 9.79. The smallest absolute Gasteiger partial charge is 0.335 e. The highest BCUT2D eigenvalue weighted by Crippen LogP contribution is 2.43. The highest BCUT2D eigenvalue weighted by molar-refractivity contribution is 14.1. The zero-order valence-electron chi connectivity index (χ0n) is 48.6. The van der Waals surface area contributed by atoms with E-state index in [1.165, 1.54) is 53.1 Å². The number of benzene rings is 3. The van der Waals surface area contributed by atoms with Crippen LogP contribution in [0.3, 0.4) is 0 Å². The van der Waals surface area contributed by atoms with Crippen molar-refractivity contribution in [1.82, 2.24) is 58.6 Å². The van der Waals surface area contributed by atoms with Crippen molar-refractivity contribution in [2.45, 2.75) is 59.6 Å². The highest BCUT2D eigenvalue weighted by Gasteiger charge is 2.50. The first-order valence-corrected chi connectivity index (χ1v) is 35.0. The molecule has 0 bridgehead atoms. The molecule has 6 aromatic heterocycles. The van der Waals surface area contributed by atoms with E-state index in [1.807, 2.05) is 34.7 Å². The number of aliphatic hydroxyl groups excluding tert-OH is 2. The molecule has 3 aliphatic rings. The number of ether oxygens (including phenoxy) is 4. The minimum atomic E-state index is -2.44. The van der Waals surface area contributed by atoms with Gasteiger partial charge >= 0.3 is 5.97 Å². The zero-order chi connectivity index (χ0) is 66.4. The summed E-state index contributed by atoms with van der Waals surface area (Å²) in [5.41, 5.74) is 3.01. The number of halogens is 6. The van der Waals surface area contributed by atoms with Gasteiger partial charge in [0, 0.05) is 16.7 Å². The van der Waals surface area contributed by atoms with E-state index >= 15 is 4.39 Å². The van der Waals surface area contributed by atoms with Crippen LogP contribution in [-0.4, -0.2) is 183 Å². The normalized spacial score (nSPS) is 21.5. The number of aromatic nitrogens is 12. The Morgan fingerprint density at radius 1 is 0.598 bits per heavy atom. The van der Waals surface area contributed by atoms with Gasteiger partial charge in [-0.15, -0.1) is 23.2 Å². The van der Waals surface area contributed by atoms with E-state index in [9.17, 15) is 42.2 Å². The van der Waals surface area contributed by atoms with Crippen LogP contribution in [0.1, 0.15) is 49.8 Å². The molecule has 486 valence electrons. The molecule has 1 unspecified atom stereocenters. The van der Waals surface area contributed by atoms with Crippen molar-refractivity contribution >= 4 is 135 Å². The Bertz CT molecular complexity index is 4150. The molecular formula is C56H57Cl2F3IN15O13P2. The zero-order valence-corrected chi connectivity index (χ0v) is 54.1. The lowest BCUT2D eigenvalue weighted by Crippen LogP contribution is -2.34. The molecule has 6 N–H and O–H groups in total. The van der Waals surface area contributed by atoms with Gasteiger partial charge in [-0.1, -0.05) is 77.2 Å². The number of rotatable bonds is 14. The average Bonchev–Trinajstić information content (AvgIpc) is 1.68. The fraction of sp³-hybridized carbons (Fsp3) is 0.304. The average molecular weight is 1460 g/mol. The van der Waals surface area contributed by atoms with Gasteiger partial charge in [-0.3, -0.25) is 28.1 Å². The number of carboxylic acid groups (broad SMARTS) is 1. The van der Waals surface area contributed by atoms with Crippen LogP contribution in [0, 0.1) is 0 Å². The monoisotopic (exact) mass is 1460 g/mol. The molecule has 0 saturated carbocycles. The molecule has 0 spiro atoms. The van der Waals surface area contributed by atoms with Crippen molar-refractivity contribution < 1.29 is 75.7 Å². The van der Waals surface area contributed by atoms with Gasteiger partial charge in [-0.2, -0.15) is 0 Å². The Balaban J connectivity index is 0.000000167. The summed E-state index contributed by atoms with van der Waals surface area (Å²) in [4.78, 5) is 85.2. The maximum atomic E-state index is 15.0. The van der Waals surface area contributed by atoms with Gasteiger partial charge in [-0.25, -0.2) is 62.8 Å². The van der Waals surface area contributed by atoms with Crippen LogP contribution in [0.2, 0.25) is 0 Å². The summed E-state index contributed by atoms with van der Waals surface area (Å²) >= 11 is 11.5. The summed E-state index contributed by atoms with van der Waals surface area (Å²) in [6, 6.07) is 25.9. The number of hydrogen-bond acceptors (Lipinski definition) is 21. The maximum Gasteiger partial charge on any atom is 0.335 e. The molecule has 3 amide bonds. The lowest BCUT2D eigenvalue weighted by atomic mass is 10.1. The number of carboxylic acids is 1. The Morgan fingerprint density at radius 3 is 1.29 bits per heavy atom. The number of imidazole rings is 3. The van der Waals surface area contributed by atoms with Gasteiger partial charge in [0.2, 0.25) is 6.23 Å². The van der Waals surface area contributed by atoms with Crippen molar-refractivity contribution in [2.24, 2.45) is 0 Å². The van der Waals surface area contributed by atoms with Crippen molar-refractivity contribution in [3.8, 4) is 0 Å². The largest absolute Gasteiger partial charge is 0.479 e. The molecule has 92 heavy (non-hydrogen) atoms. The molecule has 2 saturated heterocycles. The van der Waals surface area contributed by atoms with Gasteiger partial charge in [0.15, 0.2) is 94.3 Å². The molecular weight excluding hydrogens is 1410 g/mol. The third-order valence-corrected chi connectivity index (χ3v) is 15.6. The van der Waals surface area contributed by atoms with Gasteiger partial charge in [0.25, 0.3) is 17.7 Å². The van der Waals surface area contributed by atoms with E-state index in [0.29, 0.717) is 39.0 Å². The number of carbonyl (C=O) groups is 4. The van der Waals surface area contributed by atoms with E-state index in [1.54, 1.807) is 106 Å². The molecule has 0 aliphatic carbocycles. The third kappa shape index (κ3) is 17.4. The Hall–Kier alpha value is -7.91. The molecule has 3 aromatic carbocycles. The Kier molecular flexibility index (Phi) is 24.0. The summed E-state index contributed by atoms with van der Waals surface area (Å²) in [5.74, 6) is -1.99. The third-order valence-electron chi connectivity index (χ3n) is 12.9. The summed E-state index contributed by atoms with van der Waals surface area (Å²) in [7, 11) is -4.53. The number of nitrogens with one attached hydrogen (secondary N) is 3. The number of carbonyl (C=O) groups excluding carboxylic acids is 3. The first kappa shape index (κ1) is 70.0. The molecule has 36 heteroatoms. The SMILES string of the molecule is CP(C)(=O)CO.CP(C)(=O)COC1O[C@@H](n2cnc3c(NC(=O)c4ccccc4)ncnc32)[C@@H](F)[C@@H]1I.ClCCl.O=C(Nc1ncnc2c1ncn2[C@@H]1OC=C[C@@H]1F)c1ccccc1.O=C(Nc1ncnc2c1ncn2[C@@H]1O[C@H](C(=O)O)[C@@H](O)[C@@H]1F)c1ccccc1. The standard InChI is InChI=1S/C19H20FIN5O4P.C17H14FN5O5.C16H12FN5O2.C3H9O2P.CH2Cl2/c1-31(2,28)10-29-19-13(21)12(20)18(30-19)26-9-24-14-15(22-8-23-16(14)26)25-17(27)11-6-4-3-5-7-11;18-9-11(24)12(17(26)27)28-16(9)23-7-21-10-13(19-6-20-14(10)23)22-15(25)8-4-2-1-3-5-8;17-11-6-7-24-16(11)22-9-20-12-13(18-8-19-14(12)22)21-15(23)10-4-2-1-3-5-10;1-6(2,5)3-4;2-1-3/h3-9,12-13,18-19H,10H2,1-2H3,(H,22,23,25,27);1-7,9,11-12,16,24H,(H,26,27)(H,19,20,22,25);1-9,11,16H,(H,18,19,21,23);4H,3H2,1-2H3;1H2/t12-,13-,18+,19?;9-,11-,12-,16+;11-,16+;;/m000../s1. The second kappa shape index (κ2) is 31.6. The quantitative estimate of drug-likeness (QED) is 0.0336. The van der Waals surface area contributed by atoms with Crippen molar-refractivity contribution in [1.29, 1.82) is 0 Å². The first-order chi connectivity index (χ1) is 43.9. The predicted molar refractivity (Wildman–Crippen MR) is 341 cm³/mol.